The fraction of sp³-hybridized carbons (Fsp3) is 0.750. The van der Waals surface area contributed by atoms with Crippen LogP contribution in [-0.4, -0.2) is 75.3 Å². The van der Waals surface area contributed by atoms with Gasteiger partial charge in [0, 0.05) is 59.8 Å². The summed E-state index contributed by atoms with van der Waals surface area (Å²) in [5.41, 5.74) is -0.250. The maximum absolute atomic E-state index is 12.7. The van der Waals surface area contributed by atoms with E-state index in [0.29, 0.717) is 38.8 Å². The van der Waals surface area contributed by atoms with Crippen LogP contribution >= 0.6 is 0 Å². The Kier molecular flexibility index (Phi) is 5.42. The highest BCUT2D eigenvalue weighted by molar-refractivity contribution is 6.06. The van der Waals surface area contributed by atoms with E-state index in [0.717, 1.165) is 19.3 Å². The van der Waals surface area contributed by atoms with Crippen LogP contribution in [0, 0.1) is 23.7 Å². The Hall–Kier alpha value is -1.93. The van der Waals surface area contributed by atoms with Gasteiger partial charge in [-0.25, -0.2) is 0 Å². The second-order valence-electron chi connectivity index (χ2n) is 8.18. The van der Waals surface area contributed by atoms with Crippen LogP contribution in [-0.2, 0) is 19.1 Å². The fourth-order valence-electron chi connectivity index (χ4n) is 5.13. The van der Waals surface area contributed by atoms with E-state index in [9.17, 15) is 9.59 Å². The summed E-state index contributed by atoms with van der Waals surface area (Å²) in [6.07, 6.45) is 6.87. The number of aliphatic imine (C=N–C) groups is 1. The number of nitrogens with one attached hydrogen (secondary N) is 2. The molecule has 4 rings (SSSR count). The molecule has 28 heavy (non-hydrogen) atoms. The van der Waals surface area contributed by atoms with E-state index in [1.165, 1.54) is 4.90 Å². The molecule has 0 aromatic heterocycles. The van der Waals surface area contributed by atoms with Crippen LogP contribution in [0.5, 0.6) is 0 Å². The van der Waals surface area contributed by atoms with Gasteiger partial charge in [0.05, 0.1) is 17.4 Å². The minimum absolute atomic E-state index is 0.00265. The number of guanidine groups is 1. The molecule has 1 saturated carbocycles. The number of rotatable bonds is 6. The molecule has 0 aromatic carbocycles. The molecule has 2 heterocycles. The summed E-state index contributed by atoms with van der Waals surface area (Å²) in [5.74, 6) is 0.885. The van der Waals surface area contributed by atoms with Gasteiger partial charge in [0.1, 0.15) is 0 Å². The number of carbonyl (C=O) groups is 2. The normalized spacial score (nSPS) is 33.5. The number of ether oxygens (including phenoxy) is 2. The quantitative estimate of drug-likeness (QED) is 0.290. The lowest BCUT2D eigenvalue weighted by Gasteiger charge is -2.36. The zero-order valence-electron chi connectivity index (χ0n) is 16.6. The minimum atomic E-state index is -0.250. The number of hydrogen-bond donors (Lipinski definition) is 2. The van der Waals surface area contributed by atoms with Gasteiger partial charge in [-0.2, -0.15) is 0 Å². The molecule has 2 N–H and O–H groups in total. The molecule has 4 aliphatic rings. The highest BCUT2D eigenvalue weighted by Gasteiger charge is 2.58. The summed E-state index contributed by atoms with van der Waals surface area (Å²) in [6.45, 7) is 2.86. The number of carbonyl (C=O) groups excluding carboxylic acids is 2. The van der Waals surface area contributed by atoms with Crippen molar-refractivity contribution in [2.75, 3.05) is 47.0 Å². The first kappa shape index (κ1) is 19.4. The van der Waals surface area contributed by atoms with E-state index in [1.54, 1.807) is 14.2 Å². The molecule has 8 nitrogen and oxygen atoms in total. The highest BCUT2D eigenvalue weighted by atomic mass is 16.5. The first-order valence-electron chi connectivity index (χ1n) is 10.2. The Bertz CT molecular complexity index is 656. The second-order valence-corrected chi connectivity index (χ2v) is 8.18. The maximum atomic E-state index is 12.7. The van der Waals surface area contributed by atoms with E-state index in [-0.39, 0.29) is 41.1 Å². The number of imide groups is 1. The Morgan fingerprint density at radius 1 is 1.21 bits per heavy atom. The van der Waals surface area contributed by atoms with Crippen molar-refractivity contribution in [1.82, 2.24) is 15.5 Å². The number of nitrogens with zero attached hydrogens (tertiary/aromatic N) is 2. The molecular formula is C20H30N4O4. The summed E-state index contributed by atoms with van der Waals surface area (Å²) in [6, 6.07) is 0. The van der Waals surface area contributed by atoms with Gasteiger partial charge in [-0.1, -0.05) is 12.2 Å². The Morgan fingerprint density at radius 3 is 2.43 bits per heavy atom. The molecule has 0 aromatic rings. The molecule has 2 saturated heterocycles. The van der Waals surface area contributed by atoms with Crippen molar-refractivity contribution in [2.24, 2.45) is 28.7 Å². The van der Waals surface area contributed by atoms with Crippen molar-refractivity contribution >= 4 is 17.8 Å². The topological polar surface area (TPSA) is 92.3 Å². The summed E-state index contributed by atoms with van der Waals surface area (Å²) in [4.78, 5) is 31.1. The van der Waals surface area contributed by atoms with Crippen molar-refractivity contribution in [3.8, 4) is 0 Å². The van der Waals surface area contributed by atoms with E-state index in [1.807, 2.05) is 0 Å². The summed E-state index contributed by atoms with van der Waals surface area (Å²) < 4.78 is 11.2. The molecule has 0 radical (unpaired) electrons. The van der Waals surface area contributed by atoms with Crippen LogP contribution in [0.3, 0.4) is 0 Å². The average Bonchev–Trinajstić information content (AvgIpc) is 3.40. The van der Waals surface area contributed by atoms with Crippen molar-refractivity contribution < 1.29 is 19.1 Å². The number of likely N-dealkylation sites (tertiary alicyclic amines) is 1. The van der Waals surface area contributed by atoms with Crippen LogP contribution in [0.4, 0.5) is 0 Å². The summed E-state index contributed by atoms with van der Waals surface area (Å²) in [5, 5.41) is 6.52. The minimum Gasteiger partial charge on any atom is -0.381 e. The Morgan fingerprint density at radius 2 is 1.86 bits per heavy atom. The molecule has 8 heteroatoms. The Balaban J connectivity index is 1.26. The van der Waals surface area contributed by atoms with Crippen LogP contribution in [0.25, 0.3) is 0 Å². The molecule has 3 fully saturated rings. The van der Waals surface area contributed by atoms with Crippen molar-refractivity contribution in [2.45, 2.75) is 24.9 Å². The van der Waals surface area contributed by atoms with E-state index >= 15 is 0 Å². The van der Waals surface area contributed by atoms with Gasteiger partial charge in [0.2, 0.25) is 11.8 Å². The molecular weight excluding hydrogens is 360 g/mol. The molecule has 0 spiro atoms. The Labute approximate surface area is 165 Å². The summed E-state index contributed by atoms with van der Waals surface area (Å²) >= 11 is 0. The summed E-state index contributed by atoms with van der Waals surface area (Å²) in [7, 11) is 3.44. The van der Waals surface area contributed by atoms with E-state index < -0.39 is 0 Å². The van der Waals surface area contributed by atoms with Crippen LogP contribution in [0.2, 0.25) is 0 Å². The van der Waals surface area contributed by atoms with Crippen molar-refractivity contribution in [1.29, 1.82) is 0 Å². The van der Waals surface area contributed by atoms with Gasteiger partial charge < -0.3 is 20.1 Å². The zero-order chi connectivity index (χ0) is 19.7. The van der Waals surface area contributed by atoms with Gasteiger partial charge >= 0.3 is 0 Å². The standard InChI is InChI=1S/C20H30N4O4/c1-21-19(23-12-20(27-2)5-9-28-10-6-20)22-7-8-24-17(25)15-13-3-4-14(11-13)16(15)18(24)26/h3-4,13-16H,5-12H2,1-2H3,(H2,21,22,23). The lowest BCUT2D eigenvalue weighted by molar-refractivity contribution is -0.140. The van der Waals surface area contributed by atoms with Crippen LogP contribution in [0.1, 0.15) is 19.3 Å². The molecule has 154 valence electrons. The second kappa shape index (κ2) is 7.83. The predicted octanol–water partition coefficient (Wildman–Crippen LogP) is 0.154. The smallest absolute Gasteiger partial charge is 0.233 e. The number of fused-ring (bicyclic) bond motifs is 5. The zero-order valence-corrected chi connectivity index (χ0v) is 16.6. The highest BCUT2D eigenvalue weighted by Crippen LogP contribution is 2.52. The number of allylic oxidation sites excluding steroid dienone is 2. The van der Waals surface area contributed by atoms with Crippen LogP contribution < -0.4 is 10.6 Å². The molecule has 4 unspecified atom stereocenters. The number of amides is 2. The SMILES string of the molecule is CN=C(NCCN1C(=O)C2C3C=CC(C3)C2C1=O)NCC1(OC)CCOCC1. The van der Waals surface area contributed by atoms with Gasteiger partial charge in [-0.3, -0.25) is 19.5 Å². The van der Waals surface area contributed by atoms with Gasteiger partial charge in [0.15, 0.2) is 5.96 Å². The monoisotopic (exact) mass is 390 g/mol. The van der Waals surface area contributed by atoms with Gasteiger partial charge in [0.25, 0.3) is 0 Å². The first-order valence-corrected chi connectivity index (χ1v) is 10.2. The van der Waals surface area contributed by atoms with Crippen LogP contribution in [0.15, 0.2) is 17.1 Å². The van der Waals surface area contributed by atoms with Gasteiger partial charge in [-0.05, 0) is 18.3 Å². The third kappa shape index (κ3) is 3.33. The first-order chi connectivity index (χ1) is 13.6. The molecule has 2 aliphatic heterocycles. The molecule has 2 amide bonds. The van der Waals surface area contributed by atoms with Crippen molar-refractivity contribution in [3.05, 3.63) is 12.2 Å². The van der Waals surface area contributed by atoms with Gasteiger partial charge in [-0.15, -0.1) is 0 Å². The number of hydrogen-bond acceptors (Lipinski definition) is 5. The molecule has 4 atom stereocenters. The fourth-order valence-corrected chi connectivity index (χ4v) is 5.13. The molecule has 2 aliphatic carbocycles. The maximum Gasteiger partial charge on any atom is 0.233 e. The van der Waals surface area contributed by atoms with E-state index in [2.05, 4.69) is 27.8 Å². The third-order valence-corrected chi connectivity index (χ3v) is 6.83. The average molecular weight is 390 g/mol. The number of methoxy groups -OCH3 is 1. The largest absolute Gasteiger partial charge is 0.381 e. The lowest BCUT2D eigenvalue weighted by Crippen LogP contribution is -2.51. The third-order valence-electron chi connectivity index (χ3n) is 6.83. The van der Waals surface area contributed by atoms with Crippen molar-refractivity contribution in [3.63, 3.8) is 0 Å². The molecule has 2 bridgehead atoms. The van der Waals surface area contributed by atoms with E-state index in [4.69, 9.17) is 9.47 Å². The lowest BCUT2D eigenvalue weighted by atomic mass is 9.85. The predicted molar refractivity (Wildman–Crippen MR) is 104 cm³/mol.